The van der Waals surface area contributed by atoms with Crippen LogP contribution in [0.15, 0.2) is 23.1 Å². The zero-order valence-electron chi connectivity index (χ0n) is 14.1. The van der Waals surface area contributed by atoms with Gasteiger partial charge in [0.2, 0.25) is 10.0 Å². The lowest BCUT2D eigenvalue weighted by Crippen LogP contribution is -2.55. The summed E-state index contributed by atoms with van der Waals surface area (Å²) in [6.07, 6.45) is 3.36. The Hall–Kier alpha value is -1.51. The fourth-order valence-electron chi connectivity index (χ4n) is 3.24. The number of carboxylic acid groups (broad SMARTS) is 1. The first kappa shape index (κ1) is 18.3. The highest BCUT2D eigenvalue weighted by atomic mass is 32.2. The van der Waals surface area contributed by atoms with Gasteiger partial charge in [-0.15, -0.1) is 0 Å². The van der Waals surface area contributed by atoms with Crippen LogP contribution in [0.3, 0.4) is 0 Å². The SMILES string of the molecule is Cc1cccc(S(=O)(=O)NC2CC(N(CC(=O)O)CC3CC3)C2)c1F. The largest absolute Gasteiger partial charge is 0.480 e. The second-order valence-electron chi connectivity index (χ2n) is 7.10. The molecule has 6 nitrogen and oxygen atoms in total. The molecule has 0 heterocycles. The lowest BCUT2D eigenvalue weighted by atomic mass is 9.86. The molecule has 1 aromatic carbocycles. The molecule has 25 heavy (non-hydrogen) atoms. The molecule has 0 amide bonds. The van der Waals surface area contributed by atoms with E-state index in [1.807, 2.05) is 4.90 Å². The van der Waals surface area contributed by atoms with Crippen molar-refractivity contribution in [3.05, 3.63) is 29.6 Å². The third-order valence-electron chi connectivity index (χ3n) is 4.93. The summed E-state index contributed by atoms with van der Waals surface area (Å²) in [6.45, 7) is 2.26. The second kappa shape index (κ2) is 7.01. The fraction of sp³-hybridized carbons (Fsp3) is 0.588. The third kappa shape index (κ3) is 4.37. The van der Waals surface area contributed by atoms with Crippen LogP contribution in [0, 0.1) is 18.7 Å². The molecule has 0 spiro atoms. The summed E-state index contributed by atoms with van der Waals surface area (Å²) in [6, 6.07) is 4.07. The molecular formula is C17H23FN2O4S. The van der Waals surface area contributed by atoms with Gasteiger partial charge >= 0.3 is 5.97 Å². The number of hydrogen-bond donors (Lipinski definition) is 2. The van der Waals surface area contributed by atoms with E-state index in [1.165, 1.54) is 25.1 Å². The van der Waals surface area contributed by atoms with Crippen LogP contribution in [0.4, 0.5) is 4.39 Å². The molecule has 2 fully saturated rings. The van der Waals surface area contributed by atoms with Crippen LogP contribution in [0.1, 0.15) is 31.2 Å². The van der Waals surface area contributed by atoms with Gasteiger partial charge in [0.15, 0.2) is 0 Å². The number of aliphatic carboxylic acids is 1. The number of aryl methyl sites for hydroxylation is 1. The van der Waals surface area contributed by atoms with Gasteiger partial charge in [-0.2, -0.15) is 0 Å². The van der Waals surface area contributed by atoms with Crippen LogP contribution in [0.5, 0.6) is 0 Å². The summed E-state index contributed by atoms with van der Waals surface area (Å²) < 4.78 is 41.4. The topological polar surface area (TPSA) is 86.7 Å². The first-order valence-corrected chi connectivity index (χ1v) is 9.98. The van der Waals surface area contributed by atoms with E-state index in [0.717, 1.165) is 19.4 Å². The monoisotopic (exact) mass is 370 g/mol. The van der Waals surface area contributed by atoms with Gasteiger partial charge in [0.05, 0.1) is 6.54 Å². The molecule has 2 N–H and O–H groups in total. The van der Waals surface area contributed by atoms with Gasteiger partial charge in [0, 0.05) is 18.6 Å². The fourth-order valence-corrected chi connectivity index (χ4v) is 4.65. The van der Waals surface area contributed by atoms with Crippen molar-refractivity contribution in [3.63, 3.8) is 0 Å². The van der Waals surface area contributed by atoms with E-state index in [-0.39, 0.29) is 29.1 Å². The lowest BCUT2D eigenvalue weighted by Gasteiger charge is -2.42. The van der Waals surface area contributed by atoms with Gasteiger partial charge in [-0.1, -0.05) is 12.1 Å². The Morgan fingerprint density at radius 1 is 1.36 bits per heavy atom. The maximum Gasteiger partial charge on any atom is 0.317 e. The molecule has 2 aliphatic rings. The minimum atomic E-state index is -3.92. The number of halogens is 1. The maximum atomic E-state index is 14.1. The number of carboxylic acids is 1. The summed E-state index contributed by atoms with van der Waals surface area (Å²) in [5.74, 6) is -1.03. The normalized spacial score (nSPS) is 23.5. The van der Waals surface area contributed by atoms with Crippen LogP contribution >= 0.6 is 0 Å². The molecule has 0 bridgehead atoms. The zero-order valence-corrected chi connectivity index (χ0v) is 14.9. The van der Waals surface area contributed by atoms with Crippen LogP contribution in [0.2, 0.25) is 0 Å². The summed E-state index contributed by atoms with van der Waals surface area (Å²) in [4.78, 5) is 12.6. The summed E-state index contributed by atoms with van der Waals surface area (Å²) in [5.41, 5.74) is 0.284. The van der Waals surface area contributed by atoms with Crippen molar-refractivity contribution in [2.24, 2.45) is 5.92 Å². The zero-order chi connectivity index (χ0) is 18.2. The smallest absolute Gasteiger partial charge is 0.317 e. The van der Waals surface area contributed by atoms with Gasteiger partial charge < -0.3 is 5.11 Å². The van der Waals surface area contributed by atoms with E-state index < -0.39 is 21.8 Å². The Morgan fingerprint density at radius 3 is 2.64 bits per heavy atom. The number of nitrogens with zero attached hydrogens (tertiary/aromatic N) is 1. The molecule has 0 atom stereocenters. The van der Waals surface area contributed by atoms with Crippen molar-refractivity contribution in [3.8, 4) is 0 Å². The lowest BCUT2D eigenvalue weighted by molar-refractivity contribution is -0.139. The molecule has 0 unspecified atom stereocenters. The molecule has 0 aliphatic heterocycles. The average Bonchev–Trinajstić information content (AvgIpc) is 3.28. The van der Waals surface area contributed by atoms with Crippen LogP contribution < -0.4 is 4.72 Å². The predicted octanol–water partition coefficient (Wildman–Crippen LogP) is 1.74. The first-order chi connectivity index (χ1) is 11.8. The Balaban J connectivity index is 1.60. The second-order valence-corrected chi connectivity index (χ2v) is 8.78. The quantitative estimate of drug-likeness (QED) is 0.728. The molecule has 0 aromatic heterocycles. The molecule has 0 saturated heterocycles. The maximum absolute atomic E-state index is 14.1. The van der Waals surface area contributed by atoms with Gasteiger partial charge in [-0.25, -0.2) is 17.5 Å². The highest BCUT2D eigenvalue weighted by Crippen LogP contribution is 2.34. The van der Waals surface area contributed by atoms with Crippen molar-refractivity contribution >= 4 is 16.0 Å². The number of carbonyl (C=O) groups is 1. The summed E-state index contributed by atoms with van der Waals surface area (Å²) in [7, 11) is -3.92. The van der Waals surface area contributed by atoms with Crippen molar-refractivity contribution in [1.82, 2.24) is 9.62 Å². The van der Waals surface area contributed by atoms with Crippen molar-refractivity contribution < 1.29 is 22.7 Å². The summed E-state index contributed by atoms with van der Waals surface area (Å²) >= 11 is 0. The minimum Gasteiger partial charge on any atom is -0.480 e. The molecule has 138 valence electrons. The van der Waals surface area contributed by atoms with Crippen LogP contribution in [0.25, 0.3) is 0 Å². The van der Waals surface area contributed by atoms with E-state index >= 15 is 0 Å². The number of rotatable bonds is 8. The molecule has 0 radical (unpaired) electrons. The Bertz CT molecular complexity index is 758. The van der Waals surface area contributed by atoms with Crippen LogP contribution in [-0.2, 0) is 14.8 Å². The van der Waals surface area contributed by atoms with Crippen molar-refractivity contribution in [2.75, 3.05) is 13.1 Å². The number of sulfonamides is 1. The molecule has 8 heteroatoms. The Morgan fingerprint density at radius 2 is 2.04 bits per heavy atom. The molecular weight excluding hydrogens is 347 g/mol. The van der Waals surface area contributed by atoms with E-state index in [9.17, 15) is 17.6 Å². The van der Waals surface area contributed by atoms with E-state index in [4.69, 9.17) is 5.11 Å². The van der Waals surface area contributed by atoms with E-state index in [2.05, 4.69) is 4.72 Å². The van der Waals surface area contributed by atoms with E-state index in [1.54, 1.807) is 0 Å². The first-order valence-electron chi connectivity index (χ1n) is 8.49. The minimum absolute atomic E-state index is 0.0207. The van der Waals surface area contributed by atoms with Gasteiger partial charge in [0.25, 0.3) is 0 Å². The number of hydrogen-bond acceptors (Lipinski definition) is 4. The van der Waals surface area contributed by atoms with Crippen molar-refractivity contribution in [2.45, 2.75) is 49.6 Å². The molecule has 2 saturated carbocycles. The molecule has 1 aromatic rings. The van der Waals surface area contributed by atoms with Gasteiger partial charge in [-0.05, 0) is 50.2 Å². The van der Waals surface area contributed by atoms with Gasteiger partial charge in [0.1, 0.15) is 10.7 Å². The highest BCUT2D eigenvalue weighted by molar-refractivity contribution is 7.89. The Kier molecular flexibility index (Phi) is 5.13. The van der Waals surface area contributed by atoms with Crippen molar-refractivity contribution in [1.29, 1.82) is 0 Å². The summed E-state index contributed by atoms with van der Waals surface area (Å²) in [5, 5.41) is 9.05. The standard InChI is InChI=1S/C17H23FN2O4S/c1-11-3-2-4-15(17(11)18)25(23,24)19-13-7-14(8-13)20(10-16(21)22)9-12-5-6-12/h2-4,12-14,19H,5-10H2,1H3,(H,21,22). The van der Waals surface area contributed by atoms with Gasteiger partial charge in [-0.3, -0.25) is 9.69 Å². The predicted molar refractivity (Wildman–Crippen MR) is 90.2 cm³/mol. The number of nitrogens with one attached hydrogen (secondary N) is 1. The Labute approximate surface area is 147 Å². The molecule has 2 aliphatic carbocycles. The average molecular weight is 370 g/mol. The third-order valence-corrected chi connectivity index (χ3v) is 6.46. The van der Waals surface area contributed by atoms with Crippen LogP contribution in [-0.4, -0.2) is 49.6 Å². The van der Waals surface area contributed by atoms with E-state index in [0.29, 0.717) is 18.8 Å². The molecule has 3 rings (SSSR count). The number of benzene rings is 1. The highest BCUT2D eigenvalue weighted by Gasteiger charge is 2.39.